The number of ether oxygens (including phenoxy) is 1. The molecule has 3 aromatic heterocycles. The molecule has 1 fully saturated rings. The molecule has 13 heteroatoms. The number of aliphatic hydroxyl groups is 1. The molecule has 1 saturated carbocycles. The molecule has 0 spiro atoms. The van der Waals surface area contributed by atoms with E-state index >= 15 is 0 Å². The van der Waals surface area contributed by atoms with Crippen LogP contribution in [0.2, 0.25) is 0 Å². The number of halogens is 3. The lowest BCUT2D eigenvalue weighted by molar-refractivity contribution is -0.192. The Bertz CT molecular complexity index is 1760. The Morgan fingerprint density at radius 1 is 0.935 bits per heavy atom. The van der Waals surface area contributed by atoms with Crippen molar-refractivity contribution in [3.63, 3.8) is 0 Å². The number of aliphatic hydroxyl groups excluding tert-OH is 1. The second-order valence-electron chi connectivity index (χ2n) is 10.8. The summed E-state index contributed by atoms with van der Waals surface area (Å²) in [6.07, 6.45) is 1.42. The molecule has 0 atom stereocenters. The first-order valence-corrected chi connectivity index (χ1v) is 15.4. The average molecular weight is 652 g/mol. The lowest BCUT2D eigenvalue weighted by Crippen LogP contribution is -2.29. The first-order chi connectivity index (χ1) is 22.1. The van der Waals surface area contributed by atoms with Crippen molar-refractivity contribution in [3.05, 3.63) is 94.9 Å². The number of pyridine rings is 1. The number of carbonyl (C=O) groups is 1. The van der Waals surface area contributed by atoms with Gasteiger partial charge in [0.25, 0.3) is 0 Å². The standard InChI is InChI=1S/C31H31N5O2S.C2HF3O2/c1-38-29-14-8-22(19-32-29)21-7-13-27-28(16-21)39-30(36-27)18-25-17-24(15-20-5-3-2-4-6-20)34-31(35-25)33-23-9-11-26(37)12-10-23;3-2(4,5)1(6)7/h2-8,13-14,16-17,19,23,26,37H,9-12,15,18H2,1H3,(H,33,34,35);(H,6,7). The van der Waals surface area contributed by atoms with Crippen LogP contribution >= 0.6 is 11.3 Å². The van der Waals surface area contributed by atoms with Gasteiger partial charge in [0.1, 0.15) is 0 Å². The molecule has 1 aliphatic carbocycles. The third kappa shape index (κ3) is 8.98. The number of nitrogens with zero attached hydrogens (tertiary/aromatic N) is 4. The highest BCUT2D eigenvalue weighted by Crippen LogP contribution is 2.30. The molecule has 240 valence electrons. The van der Waals surface area contributed by atoms with Gasteiger partial charge in [0.2, 0.25) is 11.8 Å². The van der Waals surface area contributed by atoms with Crippen LogP contribution in [0, 0.1) is 0 Å². The van der Waals surface area contributed by atoms with Crippen LogP contribution in [0.25, 0.3) is 21.3 Å². The number of benzene rings is 2. The van der Waals surface area contributed by atoms with E-state index in [0.29, 0.717) is 18.2 Å². The number of carboxylic acid groups (broad SMARTS) is 1. The zero-order valence-electron chi connectivity index (χ0n) is 24.9. The minimum absolute atomic E-state index is 0.190. The Labute approximate surface area is 267 Å². The van der Waals surface area contributed by atoms with Gasteiger partial charge in [0, 0.05) is 36.7 Å². The predicted octanol–water partition coefficient (Wildman–Crippen LogP) is 6.69. The number of hydrogen-bond acceptors (Lipinski definition) is 9. The van der Waals surface area contributed by atoms with E-state index in [1.165, 1.54) is 5.56 Å². The number of alkyl halides is 3. The molecule has 1 aliphatic rings. The molecular formula is C33H32F3N5O4S. The molecule has 0 unspecified atom stereocenters. The van der Waals surface area contributed by atoms with Crippen LogP contribution in [0.1, 0.15) is 47.6 Å². The largest absolute Gasteiger partial charge is 0.490 e. The van der Waals surface area contributed by atoms with Crippen LogP contribution in [0.3, 0.4) is 0 Å². The Kier molecular flexibility index (Phi) is 10.4. The van der Waals surface area contributed by atoms with Crippen LogP contribution in [0.15, 0.2) is 72.9 Å². The van der Waals surface area contributed by atoms with Crippen LogP contribution in [-0.4, -0.2) is 61.6 Å². The van der Waals surface area contributed by atoms with Crippen LogP contribution < -0.4 is 10.1 Å². The van der Waals surface area contributed by atoms with Crippen molar-refractivity contribution in [2.45, 2.75) is 56.8 Å². The monoisotopic (exact) mass is 651 g/mol. The van der Waals surface area contributed by atoms with E-state index in [-0.39, 0.29) is 12.1 Å². The summed E-state index contributed by atoms with van der Waals surface area (Å²) in [7, 11) is 1.62. The minimum Gasteiger partial charge on any atom is -0.481 e. The third-order valence-electron chi connectivity index (χ3n) is 7.38. The zero-order valence-corrected chi connectivity index (χ0v) is 25.7. The highest BCUT2D eigenvalue weighted by atomic mass is 32.1. The van der Waals surface area contributed by atoms with Crippen LogP contribution in [0.4, 0.5) is 19.1 Å². The van der Waals surface area contributed by atoms with Gasteiger partial charge in [-0.2, -0.15) is 13.2 Å². The fourth-order valence-electron chi connectivity index (χ4n) is 5.06. The second kappa shape index (κ2) is 14.6. The zero-order chi connectivity index (χ0) is 32.7. The van der Waals surface area contributed by atoms with Gasteiger partial charge >= 0.3 is 12.1 Å². The summed E-state index contributed by atoms with van der Waals surface area (Å²) in [6, 6.07) is 23.0. The average Bonchev–Trinajstić information content (AvgIpc) is 3.44. The van der Waals surface area contributed by atoms with Gasteiger partial charge in [-0.05, 0) is 61.1 Å². The highest BCUT2D eigenvalue weighted by molar-refractivity contribution is 7.18. The molecule has 0 saturated heterocycles. The Morgan fingerprint density at radius 3 is 2.24 bits per heavy atom. The molecule has 3 heterocycles. The van der Waals surface area contributed by atoms with Crippen molar-refractivity contribution in [2.24, 2.45) is 0 Å². The summed E-state index contributed by atoms with van der Waals surface area (Å²) in [4.78, 5) is 27.9. The number of anilines is 1. The van der Waals surface area contributed by atoms with Crippen molar-refractivity contribution in [2.75, 3.05) is 12.4 Å². The SMILES string of the molecule is COc1ccc(-c2ccc3nc(Cc4cc(Cc5ccccc5)nc(NC5CCC(O)CC5)n4)sc3c2)cn1.O=C(O)C(F)(F)F. The molecule has 6 rings (SSSR count). The van der Waals surface area contributed by atoms with E-state index in [2.05, 4.69) is 58.8 Å². The first kappa shape index (κ1) is 32.8. The van der Waals surface area contributed by atoms with Gasteiger partial charge in [0.05, 0.1) is 39.8 Å². The topological polar surface area (TPSA) is 130 Å². The number of hydrogen-bond donors (Lipinski definition) is 3. The quantitative estimate of drug-likeness (QED) is 0.168. The van der Waals surface area contributed by atoms with Gasteiger partial charge in [0.15, 0.2) is 0 Å². The lowest BCUT2D eigenvalue weighted by atomic mass is 9.93. The maximum absolute atomic E-state index is 10.6. The third-order valence-corrected chi connectivity index (χ3v) is 8.39. The summed E-state index contributed by atoms with van der Waals surface area (Å²) >= 11 is 1.70. The molecule has 2 aromatic carbocycles. The summed E-state index contributed by atoms with van der Waals surface area (Å²) in [5.74, 6) is -1.49. The van der Waals surface area contributed by atoms with Crippen molar-refractivity contribution in [1.29, 1.82) is 0 Å². The molecule has 9 nitrogen and oxygen atoms in total. The molecule has 3 N–H and O–H groups in total. The molecular weight excluding hydrogens is 619 g/mol. The number of nitrogens with one attached hydrogen (secondary N) is 1. The van der Waals surface area contributed by atoms with E-state index in [1.54, 1.807) is 18.4 Å². The summed E-state index contributed by atoms with van der Waals surface area (Å²) in [5.41, 5.74) is 6.28. The second-order valence-corrected chi connectivity index (χ2v) is 12.0. The van der Waals surface area contributed by atoms with Gasteiger partial charge < -0.3 is 20.3 Å². The Morgan fingerprint density at radius 2 is 1.61 bits per heavy atom. The normalized spacial score (nSPS) is 16.4. The van der Waals surface area contributed by atoms with Crippen LogP contribution in [-0.2, 0) is 17.6 Å². The lowest BCUT2D eigenvalue weighted by Gasteiger charge is -2.26. The van der Waals surface area contributed by atoms with Gasteiger partial charge in [-0.1, -0.05) is 36.4 Å². The van der Waals surface area contributed by atoms with Crippen LogP contribution in [0.5, 0.6) is 5.88 Å². The van der Waals surface area contributed by atoms with E-state index < -0.39 is 12.1 Å². The number of aliphatic carboxylic acids is 1. The smallest absolute Gasteiger partial charge is 0.481 e. The number of fused-ring (bicyclic) bond motifs is 1. The molecule has 0 bridgehead atoms. The number of thiazole rings is 1. The fraction of sp³-hybridized carbons (Fsp3) is 0.303. The highest BCUT2D eigenvalue weighted by Gasteiger charge is 2.38. The molecule has 0 amide bonds. The van der Waals surface area contributed by atoms with E-state index in [1.807, 2.05) is 24.4 Å². The Balaban J connectivity index is 0.000000537. The van der Waals surface area contributed by atoms with Crippen molar-refractivity contribution < 1.29 is 32.9 Å². The van der Waals surface area contributed by atoms with E-state index in [0.717, 1.165) is 69.8 Å². The molecule has 0 aliphatic heterocycles. The maximum atomic E-state index is 10.6. The molecule has 0 radical (unpaired) electrons. The van der Waals surface area contributed by atoms with Crippen molar-refractivity contribution in [1.82, 2.24) is 19.9 Å². The fourth-order valence-corrected chi connectivity index (χ4v) is 6.08. The maximum Gasteiger partial charge on any atom is 0.490 e. The Hall–Kier alpha value is -4.62. The molecule has 5 aromatic rings. The summed E-state index contributed by atoms with van der Waals surface area (Å²) in [6.45, 7) is 0. The van der Waals surface area contributed by atoms with E-state index in [9.17, 15) is 18.3 Å². The number of methoxy groups -OCH3 is 1. The first-order valence-electron chi connectivity index (χ1n) is 14.6. The van der Waals surface area contributed by atoms with E-state index in [4.69, 9.17) is 29.6 Å². The predicted molar refractivity (Wildman–Crippen MR) is 169 cm³/mol. The number of aromatic nitrogens is 4. The minimum atomic E-state index is -5.08. The van der Waals surface area contributed by atoms with Gasteiger partial charge in [-0.25, -0.2) is 24.7 Å². The summed E-state index contributed by atoms with van der Waals surface area (Å²) < 4.78 is 38.1. The number of rotatable bonds is 8. The molecule has 46 heavy (non-hydrogen) atoms. The number of carboxylic acids is 1. The van der Waals surface area contributed by atoms with Gasteiger partial charge in [-0.3, -0.25) is 0 Å². The van der Waals surface area contributed by atoms with Gasteiger partial charge in [-0.15, -0.1) is 11.3 Å². The van der Waals surface area contributed by atoms with Crippen molar-refractivity contribution in [3.8, 4) is 17.0 Å². The van der Waals surface area contributed by atoms with Crippen molar-refractivity contribution >= 4 is 33.5 Å². The summed E-state index contributed by atoms with van der Waals surface area (Å²) in [5, 5.41) is 21.6.